The van der Waals surface area contributed by atoms with Crippen molar-refractivity contribution >= 4 is 6.09 Å². The Kier molecular flexibility index (Phi) is 7.81. The monoisotopic (exact) mass is 343 g/mol. The van der Waals surface area contributed by atoms with Crippen LogP contribution in [0.3, 0.4) is 0 Å². The summed E-state index contributed by atoms with van der Waals surface area (Å²) in [6.45, 7) is 21.0. The molecule has 0 aromatic rings. The van der Waals surface area contributed by atoms with Crippen molar-refractivity contribution in [1.29, 1.82) is 0 Å². The van der Waals surface area contributed by atoms with E-state index in [1.807, 2.05) is 34.6 Å². The normalized spacial score (nSPS) is 15.1. The maximum Gasteiger partial charge on any atom is 0.407 e. The molecule has 1 amide bonds. The van der Waals surface area contributed by atoms with Gasteiger partial charge in [0.15, 0.2) is 0 Å². The summed E-state index contributed by atoms with van der Waals surface area (Å²) >= 11 is 0. The summed E-state index contributed by atoms with van der Waals surface area (Å²) in [5.74, 6) is 0.402. The first-order valence-corrected chi connectivity index (χ1v) is 9.11. The fraction of sp³-hybridized carbons (Fsp3) is 0.950. The minimum Gasteiger partial charge on any atom is -0.444 e. The highest BCUT2D eigenvalue weighted by Crippen LogP contribution is 2.43. The van der Waals surface area contributed by atoms with Gasteiger partial charge in [-0.15, -0.1) is 0 Å². The number of carbonyl (C=O) groups excluding carboxylic acids is 1. The highest BCUT2D eigenvalue weighted by Gasteiger charge is 2.36. The van der Waals surface area contributed by atoms with Gasteiger partial charge >= 0.3 is 6.09 Å². The topological polar surface area (TPSA) is 58.6 Å². The van der Waals surface area contributed by atoms with Crippen LogP contribution >= 0.6 is 0 Å². The molecule has 24 heavy (non-hydrogen) atoms. The number of nitrogens with one attached hydrogen (secondary N) is 1. The van der Waals surface area contributed by atoms with Gasteiger partial charge in [-0.3, -0.25) is 0 Å². The average molecular weight is 344 g/mol. The number of carbonyl (C=O) groups is 1. The van der Waals surface area contributed by atoms with Crippen molar-refractivity contribution in [3.05, 3.63) is 0 Å². The minimum absolute atomic E-state index is 0.0128. The van der Waals surface area contributed by atoms with Crippen LogP contribution in [0.2, 0.25) is 0 Å². The highest BCUT2D eigenvalue weighted by molar-refractivity contribution is 5.67. The van der Waals surface area contributed by atoms with Gasteiger partial charge < -0.3 is 15.2 Å². The van der Waals surface area contributed by atoms with Crippen LogP contribution < -0.4 is 5.32 Å². The predicted molar refractivity (Wildman–Crippen MR) is 101 cm³/mol. The van der Waals surface area contributed by atoms with E-state index in [4.69, 9.17) is 4.74 Å². The lowest BCUT2D eigenvalue weighted by Crippen LogP contribution is -2.38. The summed E-state index contributed by atoms with van der Waals surface area (Å²) in [7, 11) is 0. The zero-order valence-electron chi connectivity index (χ0n) is 17.7. The van der Waals surface area contributed by atoms with E-state index < -0.39 is 11.2 Å². The molecule has 2 N–H and O–H groups in total. The Balaban J connectivity index is 4.83. The van der Waals surface area contributed by atoms with E-state index >= 15 is 0 Å². The fourth-order valence-electron chi connectivity index (χ4n) is 3.43. The van der Waals surface area contributed by atoms with Gasteiger partial charge in [0.2, 0.25) is 0 Å². The largest absolute Gasteiger partial charge is 0.444 e. The summed E-state index contributed by atoms with van der Waals surface area (Å²) in [4.78, 5) is 11.8. The molecule has 4 heteroatoms. The summed E-state index contributed by atoms with van der Waals surface area (Å²) in [6, 6.07) is 0. The molecule has 0 radical (unpaired) electrons. The van der Waals surface area contributed by atoms with Gasteiger partial charge in [0.05, 0.1) is 5.60 Å². The molecule has 0 fully saturated rings. The third-order valence-corrected chi connectivity index (χ3v) is 4.01. The van der Waals surface area contributed by atoms with Crippen molar-refractivity contribution < 1.29 is 14.6 Å². The lowest BCUT2D eigenvalue weighted by Gasteiger charge is -2.41. The molecule has 0 rings (SSSR count). The number of ether oxygens (including phenoxy) is 1. The van der Waals surface area contributed by atoms with Crippen LogP contribution in [0.25, 0.3) is 0 Å². The Labute approximate surface area is 149 Å². The average Bonchev–Trinajstić information content (AvgIpc) is 2.19. The second-order valence-corrected chi connectivity index (χ2v) is 10.7. The molecular weight excluding hydrogens is 302 g/mol. The van der Waals surface area contributed by atoms with Gasteiger partial charge in [-0.1, -0.05) is 34.6 Å². The van der Waals surface area contributed by atoms with Gasteiger partial charge in [-0.25, -0.2) is 4.79 Å². The van der Waals surface area contributed by atoms with E-state index in [0.29, 0.717) is 12.5 Å². The molecule has 0 saturated heterocycles. The molecule has 0 aromatic heterocycles. The highest BCUT2D eigenvalue weighted by atomic mass is 16.6. The van der Waals surface area contributed by atoms with Gasteiger partial charge in [0.25, 0.3) is 0 Å². The molecule has 0 aliphatic carbocycles. The first kappa shape index (κ1) is 23.2. The van der Waals surface area contributed by atoms with Gasteiger partial charge in [0, 0.05) is 6.54 Å². The number of hydrogen-bond acceptors (Lipinski definition) is 3. The van der Waals surface area contributed by atoms with Crippen LogP contribution in [-0.4, -0.2) is 28.9 Å². The molecule has 0 saturated carbocycles. The van der Waals surface area contributed by atoms with Crippen molar-refractivity contribution in [1.82, 2.24) is 5.32 Å². The molecule has 0 heterocycles. The molecule has 0 aliphatic rings. The van der Waals surface area contributed by atoms with Crippen molar-refractivity contribution in [2.24, 2.45) is 16.7 Å². The molecule has 1 atom stereocenters. The Morgan fingerprint density at radius 1 is 1.00 bits per heavy atom. The number of hydrogen-bond donors (Lipinski definition) is 2. The van der Waals surface area contributed by atoms with Gasteiger partial charge in [0.1, 0.15) is 5.60 Å². The summed E-state index contributed by atoms with van der Waals surface area (Å²) in [5, 5.41) is 13.1. The van der Waals surface area contributed by atoms with Crippen molar-refractivity contribution in [2.75, 3.05) is 6.54 Å². The molecule has 0 aromatic carbocycles. The first-order chi connectivity index (χ1) is 10.4. The summed E-state index contributed by atoms with van der Waals surface area (Å²) in [5.41, 5.74) is -0.984. The van der Waals surface area contributed by atoms with Crippen LogP contribution in [0.4, 0.5) is 4.79 Å². The van der Waals surface area contributed by atoms with Crippen LogP contribution in [0.5, 0.6) is 0 Å². The van der Waals surface area contributed by atoms with Crippen LogP contribution in [-0.2, 0) is 4.74 Å². The van der Waals surface area contributed by atoms with E-state index in [-0.39, 0.29) is 16.9 Å². The number of amides is 1. The Morgan fingerprint density at radius 3 is 1.88 bits per heavy atom. The lowest BCUT2D eigenvalue weighted by molar-refractivity contribution is 0.000183. The maximum absolute atomic E-state index is 11.8. The molecule has 144 valence electrons. The molecule has 0 aliphatic heterocycles. The molecule has 1 unspecified atom stereocenters. The Bertz CT molecular complexity index is 395. The second kappa shape index (κ2) is 8.07. The Morgan fingerprint density at radius 2 is 1.50 bits per heavy atom. The molecular formula is C20H41NO3. The van der Waals surface area contributed by atoms with Gasteiger partial charge in [-0.2, -0.15) is 0 Å². The summed E-state index contributed by atoms with van der Waals surface area (Å²) < 4.78 is 5.30. The molecule has 0 spiro atoms. The quantitative estimate of drug-likeness (QED) is 0.673. The third kappa shape index (κ3) is 11.7. The van der Waals surface area contributed by atoms with E-state index in [9.17, 15) is 9.90 Å². The van der Waals surface area contributed by atoms with Crippen LogP contribution in [0, 0.1) is 16.7 Å². The number of rotatable bonds is 7. The minimum atomic E-state index is -0.696. The zero-order chi connectivity index (χ0) is 19.4. The van der Waals surface area contributed by atoms with E-state index in [1.54, 1.807) is 0 Å². The van der Waals surface area contributed by atoms with Crippen LogP contribution in [0.1, 0.15) is 88.5 Å². The number of aliphatic hydroxyl groups is 1. The predicted octanol–water partition coefficient (Wildman–Crippen LogP) is 5.14. The van der Waals surface area contributed by atoms with E-state index in [0.717, 1.165) is 19.3 Å². The first-order valence-electron chi connectivity index (χ1n) is 9.11. The summed E-state index contributed by atoms with van der Waals surface area (Å²) in [6.07, 6.45) is 2.29. The Hall–Kier alpha value is -0.770. The molecule has 0 bridgehead atoms. The standard InChI is InChI=1S/C20H41NO3/c1-17(2,3)13-15(19(7,8)14-20(9,10)23)11-12-21-16(22)24-18(4,5)6/h15,23H,11-14H2,1-10H3,(H,21,22). The molecule has 4 nitrogen and oxygen atoms in total. The van der Waals surface area contributed by atoms with E-state index in [1.165, 1.54) is 0 Å². The SMILES string of the molecule is CC(C)(C)CC(CCNC(=O)OC(C)(C)C)C(C)(C)CC(C)(C)O. The van der Waals surface area contributed by atoms with Crippen molar-refractivity contribution in [3.8, 4) is 0 Å². The fourth-order valence-corrected chi connectivity index (χ4v) is 3.43. The smallest absolute Gasteiger partial charge is 0.407 e. The third-order valence-electron chi connectivity index (χ3n) is 4.01. The van der Waals surface area contributed by atoms with Crippen molar-refractivity contribution in [3.63, 3.8) is 0 Å². The second-order valence-electron chi connectivity index (χ2n) is 10.7. The number of alkyl carbamates (subject to hydrolysis) is 1. The van der Waals surface area contributed by atoms with E-state index in [2.05, 4.69) is 39.9 Å². The lowest BCUT2D eigenvalue weighted by atomic mass is 9.66. The maximum atomic E-state index is 11.8. The van der Waals surface area contributed by atoms with Crippen LogP contribution in [0.15, 0.2) is 0 Å². The van der Waals surface area contributed by atoms with Gasteiger partial charge in [-0.05, 0) is 70.6 Å². The zero-order valence-corrected chi connectivity index (χ0v) is 17.7. The van der Waals surface area contributed by atoms with Crippen molar-refractivity contribution in [2.45, 2.75) is 99.7 Å².